The summed E-state index contributed by atoms with van der Waals surface area (Å²) in [6, 6.07) is 10.7. The molecule has 2 atom stereocenters. The zero-order valence-corrected chi connectivity index (χ0v) is 10.7. The fourth-order valence-corrected chi connectivity index (χ4v) is 2.24. The Labute approximate surface area is 108 Å². The number of rotatable bonds is 6. The largest absolute Gasteiger partial charge is 0.383 e. The number of carbonyl (C=O) groups is 1. The summed E-state index contributed by atoms with van der Waals surface area (Å²) in [5.74, 6) is 0.157. The highest BCUT2D eigenvalue weighted by Gasteiger charge is 2.21. The molecular weight excluding hydrogens is 228 g/mol. The molecule has 1 aliphatic heterocycles. The molecule has 0 bridgehead atoms. The number of benzene rings is 1. The topological polar surface area (TPSA) is 50.4 Å². The molecule has 0 spiro atoms. The van der Waals surface area contributed by atoms with Gasteiger partial charge < -0.3 is 15.4 Å². The molecule has 1 fully saturated rings. The van der Waals surface area contributed by atoms with Gasteiger partial charge in [0.1, 0.15) is 0 Å². The SMILES string of the molecule is COCC(NCC1CCC(=O)N1)c1ccccc1. The number of hydrogen-bond donors (Lipinski definition) is 2. The molecule has 2 unspecified atom stereocenters. The summed E-state index contributed by atoms with van der Waals surface area (Å²) in [4.78, 5) is 11.1. The quantitative estimate of drug-likeness (QED) is 0.796. The van der Waals surface area contributed by atoms with E-state index in [-0.39, 0.29) is 18.0 Å². The molecule has 4 nitrogen and oxygen atoms in total. The van der Waals surface area contributed by atoms with Gasteiger partial charge in [0.25, 0.3) is 0 Å². The van der Waals surface area contributed by atoms with E-state index in [0.717, 1.165) is 13.0 Å². The van der Waals surface area contributed by atoms with Crippen molar-refractivity contribution in [3.63, 3.8) is 0 Å². The molecule has 2 N–H and O–H groups in total. The fraction of sp³-hybridized carbons (Fsp3) is 0.500. The maximum Gasteiger partial charge on any atom is 0.220 e. The Kier molecular flexibility index (Phi) is 4.73. The molecule has 1 aromatic carbocycles. The van der Waals surface area contributed by atoms with Crippen molar-refractivity contribution in [2.75, 3.05) is 20.3 Å². The van der Waals surface area contributed by atoms with Gasteiger partial charge >= 0.3 is 0 Å². The Hall–Kier alpha value is -1.39. The second-order valence-electron chi connectivity index (χ2n) is 4.63. The van der Waals surface area contributed by atoms with E-state index >= 15 is 0 Å². The molecule has 0 aliphatic carbocycles. The van der Waals surface area contributed by atoms with Crippen LogP contribution in [0.25, 0.3) is 0 Å². The number of ether oxygens (including phenoxy) is 1. The lowest BCUT2D eigenvalue weighted by atomic mass is 10.1. The smallest absolute Gasteiger partial charge is 0.220 e. The van der Waals surface area contributed by atoms with Gasteiger partial charge in [0.05, 0.1) is 12.6 Å². The van der Waals surface area contributed by atoms with Crippen LogP contribution in [0.4, 0.5) is 0 Å². The molecule has 2 rings (SSSR count). The van der Waals surface area contributed by atoms with Crippen LogP contribution >= 0.6 is 0 Å². The van der Waals surface area contributed by atoms with Crippen LogP contribution in [0.15, 0.2) is 30.3 Å². The van der Waals surface area contributed by atoms with Gasteiger partial charge in [-0.2, -0.15) is 0 Å². The van der Waals surface area contributed by atoms with E-state index in [4.69, 9.17) is 4.74 Å². The minimum absolute atomic E-state index is 0.157. The average Bonchev–Trinajstić information content (AvgIpc) is 2.81. The monoisotopic (exact) mass is 248 g/mol. The summed E-state index contributed by atoms with van der Waals surface area (Å²) in [7, 11) is 1.70. The maximum absolute atomic E-state index is 11.1. The second-order valence-corrected chi connectivity index (χ2v) is 4.63. The van der Waals surface area contributed by atoms with E-state index in [2.05, 4.69) is 22.8 Å². The van der Waals surface area contributed by atoms with Crippen molar-refractivity contribution in [3.05, 3.63) is 35.9 Å². The van der Waals surface area contributed by atoms with Crippen LogP contribution in [-0.2, 0) is 9.53 Å². The molecule has 1 aliphatic rings. The lowest BCUT2D eigenvalue weighted by Gasteiger charge is -2.20. The normalized spacial score (nSPS) is 20.7. The number of carbonyl (C=O) groups excluding carboxylic acids is 1. The van der Waals surface area contributed by atoms with E-state index in [1.807, 2.05) is 18.2 Å². The van der Waals surface area contributed by atoms with Crippen LogP contribution in [0, 0.1) is 0 Å². The Balaban J connectivity index is 1.88. The molecule has 1 amide bonds. The highest BCUT2D eigenvalue weighted by Crippen LogP contribution is 2.14. The molecule has 1 heterocycles. The van der Waals surface area contributed by atoms with Crippen LogP contribution < -0.4 is 10.6 Å². The zero-order chi connectivity index (χ0) is 12.8. The van der Waals surface area contributed by atoms with E-state index < -0.39 is 0 Å². The first-order valence-electron chi connectivity index (χ1n) is 6.36. The Bertz CT molecular complexity index is 381. The fourth-order valence-electron chi connectivity index (χ4n) is 2.24. The number of nitrogens with one attached hydrogen (secondary N) is 2. The molecule has 1 saturated heterocycles. The van der Waals surface area contributed by atoms with E-state index in [0.29, 0.717) is 13.0 Å². The standard InChI is InChI=1S/C14H20N2O2/c1-18-10-13(11-5-3-2-4-6-11)15-9-12-7-8-14(17)16-12/h2-6,12-13,15H,7-10H2,1H3,(H,16,17). The summed E-state index contributed by atoms with van der Waals surface area (Å²) in [6.07, 6.45) is 1.56. The average molecular weight is 248 g/mol. The van der Waals surface area contributed by atoms with E-state index in [1.165, 1.54) is 5.56 Å². The summed E-state index contributed by atoms with van der Waals surface area (Å²) in [5, 5.41) is 6.42. The van der Waals surface area contributed by atoms with Crippen molar-refractivity contribution in [2.24, 2.45) is 0 Å². The maximum atomic E-state index is 11.1. The van der Waals surface area contributed by atoms with Crippen molar-refractivity contribution in [3.8, 4) is 0 Å². The summed E-state index contributed by atoms with van der Waals surface area (Å²) in [6.45, 7) is 1.42. The molecule has 0 aromatic heterocycles. The number of amides is 1. The molecule has 1 aromatic rings. The lowest BCUT2D eigenvalue weighted by molar-refractivity contribution is -0.119. The van der Waals surface area contributed by atoms with Gasteiger partial charge in [0.15, 0.2) is 0 Å². The number of hydrogen-bond acceptors (Lipinski definition) is 3. The third-order valence-electron chi connectivity index (χ3n) is 3.23. The van der Waals surface area contributed by atoms with Gasteiger partial charge in [-0.3, -0.25) is 4.79 Å². The van der Waals surface area contributed by atoms with Gasteiger partial charge in [0.2, 0.25) is 5.91 Å². The van der Waals surface area contributed by atoms with Crippen LogP contribution in [0.2, 0.25) is 0 Å². The predicted molar refractivity (Wildman–Crippen MR) is 70.2 cm³/mol. The summed E-state index contributed by atoms with van der Waals surface area (Å²) in [5.41, 5.74) is 1.21. The first-order valence-corrected chi connectivity index (χ1v) is 6.36. The molecule has 98 valence electrons. The van der Waals surface area contributed by atoms with Gasteiger partial charge in [-0.15, -0.1) is 0 Å². The van der Waals surface area contributed by atoms with Gasteiger partial charge in [-0.1, -0.05) is 30.3 Å². The molecular formula is C14H20N2O2. The molecule has 0 radical (unpaired) electrons. The van der Waals surface area contributed by atoms with Crippen molar-refractivity contribution < 1.29 is 9.53 Å². The first-order chi connectivity index (χ1) is 8.79. The van der Waals surface area contributed by atoms with Crippen molar-refractivity contribution >= 4 is 5.91 Å². The van der Waals surface area contributed by atoms with Gasteiger partial charge in [-0.05, 0) is 12.0 Å². The minimum Gasteiger partial charge on any atom is -0.383 e. The second kappa shape index (κ2) is 6.52. The Morgan fingerprint density at radius 1 is 1.44 bits per heavy atom. The summed E-state index contributed by atoms with van der Waals surface area (Å²) < 4.78 is 5.24. The van der Waals surface area contributed by atoms with Crippen LogP contribution in [0.3, 0.4) is 0 Å². The van der Waals surface area contributed by atoms with E-state index in [9.17, 15) is 4.79 Å². The molecule has 0 saturated carbocycles. The number of methoxy groups -OCH3 is 1. The minimum atomic E-state index is 0.157. The van der Waals surface area contributed by atoms with Gasteiger partial charge in [0, 0.05) is 26.1 Å². The van der Waals surface area contributed by atoms with Crippen LogP contribution in [-0.4, -0.2) is 32.2 Å². The Morgan fingerprint density at radius 2 is 2.22 bits per heavy atom. The lowest BCUT2D eigenvalue weighted by Crippen LogP contribution is -2.38. The zero-order valence-electron chi connectivity index (χ0n) is 10.7. The van der Waals surface area contributed by atoms with Crippen molar-refractivity contribution in [2.45, 2.75) is 24.9 Å². The van der Waals surface area contributed by atoms with Gasteiger partial charge in [-0.25, -0.2) is 0 Å². The van der Waals surface area contributed by atoms with E-state index in [1.54, 1.807) is 7.11 Å². The Morgan fingerprint density at radius 3 is 2.83 bits per heavy atom. The first kappa shape index (κ1) is 13.1. The highest BCUT2D eigenvalue weighted by atomic mass is 16.5. The van der Waals surface area contributed by atoms with Crippen molar-refractivity contribution in [1.82, 2.24) is 10.6 Å². The highest BCUT2D eigenvalue weighted by molar-refractivity contribution is 5.78. The van der Waals surface area contributed by atoms with Crippen molar-refractivity contribution in [1.29, 1.82) is 0 Å². The third kappa shape index (κ3) is 3.55. The third-order valence-corrected chi connectivity index (χ3v) is 3.23. The summed E-state index contributed by atoms with van der Waals surface area (Å²) >= 11 is 0. The molecule has 4 heteroatoms. The predicted octanol–water partition coefficient (Wildman–Crippen LogP) is 1.24. The molecule has 18 heavy (non-hydrogen) atoms. The van der Waals surface area contributed by atoms with Crippen LogP contribution in [0.1, 0.15) is 24.4 Å². The van der Waals surface area contributed by atoms with Crippen LogP contribution in [0.5, 0.6) is 0 Å².